The lowest BCUT2D eigenvalue weighted by atomic mass is 9.88. The Morgan fingerprint density at radius 2 is 2.35 bits per heavy atom. The van der Waals surface area contributed by atoms with Gasteiger partial charge in [0.1, 0.15) is 0 Å². The van der Waals surface area contributed by atoms with Crippen LogP contribution in [-0.2, 0) is 4.79 Å². The van der Waals surface area contributed by atoms with Crippen LogP contribution in [0.25, 0.3) is 10.9 Å². The molecule has 5 heteroatoms. The summed E-state index contributed by atoms with van der Waals surface area (Å²) < 4.78 is 0. The molecule has 1 aromatic carbocycles. The summed E-state index contributed by atoms with van der Waals surface area (Å²) in [4.78, 5) is 16.8. The smallest absolute Gasteiger partial charge is 0.231 e. The molecule has 1 fully saturated rings. The van der Waals surface area contributed by atoms with Gasteiger partial charge in [-0.05, 0) is 38.1 Å². The number of halogens is 1. The van der Waals surface area contributed by atoms with Crippen molar-refractivity contribution in [1.29, 1.82) is 0 Å². The number of anilines is 1. The number of nitrogens with zero attached hydrogens (tertiary/aromatic N) is 1. The zero-order chi connectivity index (χ0) is 14.2. The largest absolute Gasteiger partial charge is 0.324 e. The van der Waals surface area contributed by atoms with Gasteiger partial charge in [0.15, 0.2) is 0 Å². The molecule has 1 amide bonds. The first-order valence-electron chi connectivity index (χ1n) is 6.65. The molecule has 20 heavy (non-hydrogen) atoms. The molecule has 1 aliphatic heterocycles. The molecule has 3 rings (SSSR count). The quantitative estimate of drug-likeness (QED) is 0.894. The molecule has 2 heterocycles. The number of fused-ring (bicyclic) bond motifs is 1. The Morgan fingerprint density at radius 3 is 3.10 bits per heavy atom. The summed E-state index contributed by atoms with van der Waals surface area (Å²) >= 11 is 6.11. The Labute approximate surface area is 122 Å². The number of hydrogen-bond acceptors (Lipinski definition) is 3. The van der Waals surface area contributed by atoms with Crippen LogP contribution in [0.15, 0.2) is 30.5 Å². The van der Waals surface area contributed by atoms with E-state index in [0.29, 0.717) is 17.3 Å². The Bertz CT molecular complexity index is 665. The first-order chi connectivity index (χ1) is 9.58. The molecule has 0 aliphatic carbocycles. The highest BCUT2D eigenvalue weighted by Crippen LogP contribution is 2.30. The molecule has 0 radical (unpaired) electrons. The third-order valence-electron chi connectivity index (χ3n) is 3.83. The fourth-order valence-corrected chi connectivity index (χ4v) is 2.76. The molecule has 4 nitrogen and oxygen atoms in total. The fraction of sp³-hybridized carbons (Fsp3) is 0.333. The van der Waals surface area contributed by atoms with Gasteiger partial charge in [-0.25, -0.2) is 0 Å². The van der Waals surface area contributed by atoms with Crippen LogP contribution in [0.5, 0.6) is 0 Å². The number of nitrogens with one attached hydrogen (secondary N) is 2. The van der Waals surface area contributed by atoms with E-state index in [1.54, 1.807) is 12.3 Å². The maximum absolute atomic E-state index is 12.5. The van der Waals surface area contributed by atoms with Crippen molar-refractivity contribution in [3.63, 3.8) is 0 Å². The van der Waals surface area contributed by atoms with Crippen LogP contribution in [0.4, 0.5) is 5.69 Å². The van der Waals surface area contributed by atoms with Crippen LogP contribution in [0.1, 0.15) is 13.3 Å². The molecule has 2 aromatic rings. The predicted octanol–water partition coefficient (Wildman–Crippen LogP) is 2.83. The summed E-state index contributed by atoms with van der Waals surface area (Å²) in [7, 11) is 0. The number of rotatable bonds is 2. The monoisotopic (exact) mass is 289 g/mol. The Morgan fingerprint density at radius 1 is 1.50 bits per heavy atom. The molecule has 1 unspecified atom stereocenters. The normalized spacial score (nSPS) is 22.1. The molecule has 0 bridgehead atoms. The van der Waals surface area contributed by atoms with Crippen molar-refractivity contribution in [1.82, 2.24) is 10.3 Å². The first kappa shape index (κ1) is 13.3. The number of aromatic nitrogens is 1. The molecule has 104 valence electrons. The summed E-state index contributed by atoms with van der Waals surface area (Å²) in [6.07, 6.45) is 2.55. The maximum Gasteiger partial charge on any atom is 0.231 e. The molecule has 1 saturated heterocycles. The van der Waals surface area contributed by atoms with Gasteiger partial charge < -0.3 is 10.6 Å². The van der Waals surface area contributed by atoms with Gasteiger partial charge in [-0.15, -0.1) is 0 Å². The summed E-state index contributed by atoms with van der Waals surface area (Å²) in [5.74, 6) is 0.0109. The van der Waals surface area contributed by atoms with E-state index >= 15 is 0 Å². The van der Waals surface area contributed by atoms with Gasteiger partial charge in [-0.2, -0.15) is 0 Å². The molecule has 0 spiro atoms. The number of amides is 1. The van der Waals surface area contributed by atoms with E-state index in [9.17, 15) is 4.79 Å². The average Bonchev–Trinajstić information content (AvgIpc) is 2.87. The van der Waals surface area contributed by atoms with Crippen molar-refractivity contribution in [2.75, 3.05) is 18.4 Å². The first-order valence-corrected chi connectivity index (χ1v) is 7.03. The minimum absolute atomic E-state index is 0.0109. The van der Waals surface area contributed by atoms with Crippen LogP contribution in [-0.4, -0.2) is 24.0 Å². The molecule has 1 atom stereocenters. The summed E-state index contributed by atoms with van der Waals surface area (Å²) in [5.41, 5.74) is 1.06. The van der Waals surface area contributed by atoms with Crippen LogP contribution in [0.2, 0.25) is 5.02 Å². The molecule has 1 aliphatic rings. The molecule has 1 aromatic heterocycles. The highest BCUT2D eigenvalue weighted by molar-refractivity contribution is 6.32. The second kappa shape index (κ2) is 5.04. The maximum atomic E-state index is 12.5. The molecular weight excluding hydrogens is 274 g/mol. The van der Waals surface area contributed by atoms with Crippen molar-refractivity contribution in [3.8, 4) is 0 Å². The van der Waals surface area contributed by atoms with Crippen molar-refractivity contribution in [2.45, 2.75) is 13.3 Å². The van der Waals surface area contributed by atoms with Gasteiger partial charge in [-0.3, -0.25) is 9.78 Å². The van der Waals surface area contributed by atoms with E-state index in [0.717, 1.165) is 23.9 Å². The summed E-state index contributed by atoms with van der Waals surface area (Å²) in [6, 6.07) is 7.38. The van der Waals surface area contributed by atoms with Gasteiger partial charge in [0.05, 0.1) is 16.6 Å². The second-order valence-electron chi connectivity index (χ2n) is 5.47. The molecular formula is C15H16ClN3O. The molecule has 2 N–H and O–H groups in total. The lowest BCUT2D eigenvalue weighted by molar-refractivity contribution is -0.123. The van der Waals surface area contributed by atoms with Crippen molar-refractivity contribution >= 4 is 34.1 Å². The van der Waals surface area contributed by atoms with E-state index in [2.05, 4.69) is 15.6 Å². The standard InChI is InChI=1S/C15H16ClN3O/c1-15(4-6-17-9-15)14(20)19-12-8-11(16)7-10-3-2-5-18-13(10)12/h2-3,5,7-8,17H,4,6,9H2,1H3,(H,19,20). The highest BCUT2D eigenvalue weighted by Gasteiger charge is 2.36. The number of benzene rings is 1. The number of hydrogen-bond donors (Lipinski definition) is 2. The van der Waals surface area contributed by atoms with Crippen molar-refractivity contribution in [2.24, 2.45) is 5.41 Å². The number of carbonyl (C=O) groups is 1. The van der Waals surface area contributed by atoms with Gasteiger partial charge in [0.2, 0.25) is 5.91 Å². The average molecular weight is 290 g/mol. The Hall–Kier alpha value is -1.65. The van der Waals surface area contributed by atoms with Crippen molar-refractivity contribution < 1.29 is 4.79 Å². The van der Waals surface area contributed by atoms with Crippen molar-refractivity contribution in [3.05, 3.63) is 35.5 Å². The van der Waals surface area contributed by atoms with Gasteiger partial charge >= 0.3 is 0 Å². The third kappa shape index (κ3) is 2.37. The van der Waals surface area contributed by atoms with Gasteiger partial charge in [0, 0.05) is 23.2 Å². The Kier molecular flexibility index (Phi) is 3.36. The van der Waals surface area contributed by atoms with Gasteiger partial charge in [-0.1, -0.05) is 17.7 Å². The fourth-order valence-electron chi connectivity index (χ4n) is 2.53. The minimum Gasteiger partial charge on any atom is -0.324 e. The van der Waals surface area contributed by atoms with E-state index in [1.165, 1.54) is 0 Å². The zero-order valence-electron chi connectivity index (χ0n) is 11.2. The third-order valence-corrected chi connectivity index (χ3v) is 4.05. The van der Waals surface area contributed by atoms with E-state index < -0.39 is 0 Å². The van der Waals surface area contributed by atoms with Gasteiger partial charge in [0.25, 0.3) is 0 Å². The lowest BCUT2D eigenvalue weighted by Crippen LogP contribution is -2.35. The van der Waals surface area contributed by atoms with Crippen LogP contribution in [0, 0.1) is 5.41 Å². The van der Waals surface area contributed by atoms with Crippen LogP contribution in [0.3, 0.4) is 0 Å². The summed E-state index contributed by atoms with van der Waals surface area (Å²) in [6.45, 7) is 3.55. The van der Waals surface area contributed by atoms with Crippen LogP contribution >= 0.6 is 11.6 Å². The zero-order valence-corrected chi connectivity index (χ0v) is 12.0. The van der Waals surface area contributed by atoms with E-state index in [4.69, 9.17) is 11.6 Å². The highest BCUT2D eigenvalue weighted by atomic mass is 35.5. The SMILES string of the molecule is CC1(C(=O)Nc2cc(Cl)cc3cccnc23)CCNC1. The topological polar surface area (TPSA) is 54.0 Å². The molecule has 0 saturated carbocycles. The van der Waals surface area contributed by atoms with Crippen LogP contribution < -0.4 is 10.6 Å². The minimum atomic E-state index is -0.372. The number of carbonyl (C=O) groups excluding carboxylic acids is 1. The predicted molar refractivity (Wildman–Crippen MR) is 81.0 cm³/mol. The number of pyridine rings is 1. The van der Waals surface area contributed by atoms with E-state index in [1.807, 2.05) is 25.1 Å². The second-order valence-corrected chi connectivity index (χ2v) is 5.91. The Balaban J connectivity index is 1.96. The lowest BCUT2D eigenvalue weighted by Gasteiger charge is -2.22. The van der Waals surface area contributed by atoms with E-state index in [-0.39, 0.29) is 11.3 Å². The summed E-state index contributed by atoms with van der Waals surface area (Å²) in [5, 5.41) is 7.72.